The Labute approximate surface area is 219 Å². The summed E-state index contributed by atoms with van der Waals surface area (Å²) in [6, 6.07) is 6.14. The molecule has 2 fully saturated rings. The first kappa shape index (κ1) is 26.3. The summed E-state index contributed by atoms with van der Waals surface area (Å²) >= 11 is 12.1. The predicted octanol–water partition coefficient (Wildman–Crippen LogP) is 4.45. The number of carbonyl (C=O) groups is 3. The van der Waals surface area contributed by atoms with Gasteiger partial charge >= 0.3 is 5.97 Å². The summed E-state index contributed by atoms with van der Waals surface area (Å²) in [5.41, 5.74) is 1.72. The predicted molar refractivity (Wildman–Crippen MR) is 137 cm³/mol. The molecule has 2 aliphatic carbocycles. The number of aliphatic hydroxyl groups is 1. The molecule has 2 aromatic rings. The second-order valence-electron chi connectivity index (χ2n) is 9.06. The molecule has 1 aromatic carbocycles. The molecule has 0 aliphatic heterocycles. The number of rotatable bonds is 8. The topological polar surface area (TPSA) is 118 Å². The summed E-state index contributed by atoms with van der Waals surface area (Å²) in [4.78, 5) is 46.4. The SMILES string of the molecule is O=C(Nc1ccc(C[C@H](N=C2CC(=O)C23CCCCC3)C(=O)OCCO)cc1)c1c(Cl)cncc1Cl. The van der Waals surface area contributed by atoms with E-state index < -0.39 is 23.3 Å². The number of anilines is 1. The van der Waals surface area contributed by atoms with E-state index in [0.717, 1.165) is 43.4 Å². The van der Waals surface area contributed by atoms with Crippen LogP contribution in [-0.4, -0.2) is 52.7 Å². The molecule has 2 aliphatic rings. The minimum atomic E-state index is -0.826. The number of nitrogens with one attached hydrogen (secondary N) is 1. The number of hydrogen-bond acceptors (Lipinski definition) is 7. The number of esters is 1. The van der Waals surface area contributed by atoms with Crippen LogP contribution in [-0.2, 0) is 20.7 Å². The number of aromatic nitrogens is 1. The molecule has 0 bridgehead atoms. The van der Waals surface area contributed by atoms with Crippen molar-refractivity contribution in [1.29, 1.82) is 0 Å². The van der Waals surface area contributed by atoms with Crippen LogP contribution in [0.1, 0.15) is 54.4 Å². The van der Waals surface area contributed by atoms with Crippen molar-refractivity contribution in [2.24, 2.45) is 10.4 Å². The van der Waals surface area contributed by atoms with Crippen molar-refractivity contribution in [3.05, 3.63) is 57.8 Å². The van der Waals surface area contributed by atoms with Gasteiger partial charge in [0.2, 0.25) is 0 Å². The molecule has 190 valence electrons. The average molecular weight is 532 g/mol. The maximum absolute atomic E-state index is 12.8. The lowest BCUT2D eigenvalue weighted by atomic mass is 9.58. The van der Waals surface area contributed by atoms with Crippen molar-refractivity contribution in [2.75, 3.05) is 18.5 Å². The summed E-state index contributed by atoms with van der Waals surface area (Å²) < 4.78 is 5.18. The van der Waals surface area contributed by atoms with Gasteiger partial charge in [0, 0.05) is 36.6 Å². The van der Waals surface area contributed by atoms with Gasteiger partial charge in [-0.25, -0.2) is 4.79 Å². The number of ketones is 1. The second kappa shape index (κ2) is 11.5. The van der Waals surface area contributed by atoms with Gasteiger partial charge in [-0.3, -0.25) is 19.6 Å². The maximum Gasteiger partial charge on any atom is 0.331 e. The molecule has 1 heterocycles. The van der Waals surface area contributed by atoms with Gasteiger partial charge in [0.05, 0.1) is 27.6 Å². The molecule has 0 unspecified atom stereocenters. The minimum absolute atomic E-state index is 0.116. The molecule has 2 saturated carbocycles. The van der Waals surface area contributed by atoms with E-state index in [1.807, 2.05) is 0 Å². The highest BCUT2D eigenvalue weighted by molar-refractivity contribution is 6.40. The summed E-state index contributed by atoms with van der Waals surface area (Å²) in [5.74, 6) is -0.802. The van der Waals surface area contributed by atoms with E-state index >= 15 is 0 Å². The molecular weight excluding hydrogens is 505 g/mol. The Morgan fingerprint density at radius 3 is 2.39 bits per heavy atom. The van der Waals surface area contributed by atoms with Crippen LogP contribution in [0.4, 0.5) is 5.69 Å². The normalized spacial score (nSPS) is 18.5. The lowest BCUT2D eigenvalue weighted by Crippen LogP contribution is -2.52. The van der Waals surface area contributed by atoms with Crippen LogP contribution < -0.4 is 5.32 Å². The Balaban J connectivity index is 1.49. The monoisotopic (exact) mass is 531 g/mol. The van der Waals surface area contributed by atoms with Crippen molar-refractivity contribution < 1.29 is 24.2 Å². The quantitative estimate of drug-likeness (QED) is 0.485. The Hall–Kier alpha value is -2.81. The molecule has 4 rings (SSSR count). The number of Topliss-reactive ketones (excluding diaryl/α,β-unsaturated/α-hetero) is 1. The lowest BCUT2D eigenvalue weighted by molar-refractivity contribution is -0.146. The Morgan fingerprint density at radius 2 is 1.78 bits per heavy atom. The molecule has 36 heavy (non-hydrogen) atoms. The lowest BCUT2D eigenvalue weighted by Gasteiger charge is -2.44. The third-order valence-electron chi connectivity index (χ3n) is 6.76. The molecule has 0 radical (unpaired) electrons. The van der Waals surface area contributed by atoms with Crippen LogP contribution in [0.5, 0.6) is 0 Å². The largest absolute Gasteiger partial charge is 0.462 e. The molecule has 8 nitrogen and oxygen atoms in total. The van der Waals surface area contributed by atoms with E-state index in [0.29, 0.717) is 5.69 Å². The first-order chi connectivity index (χ1) is 17.3. The second-order valence-corrected chi connectivity index (χ2v) is 9.87. The molecule has 1 amide bonds. The molecule has 1 aromatic heterocycles. The zero-order chi connectivity index (χ0) is 25.7. The Kier molecular flexibility index (Phi) is 8.39. The fourth-order valence-corrected chi connectivity index (χ4v) is 5.35. The zero-order valence-electron chi connectivity index (χ0n) is 19.6. The van der Waals surface area contributed by atoms with Crippen molar-refractivity contribution >= 4 is 52.3 Å². The number of ether oxygens (including phenoxy) is 1. The van der Waals surface area contributed by atoms with Crippen LogP contribution >= 0.6 is 23.2 Å². The van der Waals surface area contributed by atoms with Gasteiger partial charge in [-0.05, 0) is 30.5 Å². The van der Waals surface area contributed by atoms with Crippen LogP contribution in [0, 0.1) is 5.41 Å². The van der Waals surface area contributed by atoms with Gasteiger partial charge < -0.3 is 15.2 Å². The number of hydrogen-bond donors (Lipinski definition) is 2. The first-order valence-corrected chi connectivity index (χ1v) is 12.7. The van der Waals surface area contributed by atoms with Crippen LogP contribution in [0.25, 0.3) is 0 Å². The van der Waals surface area contributed by atoms with Gasteiger partial charge in [0.15, 0.2) is 6.04 Å². The number of pyridine rings is 1. The average Bonchev–Trinajstić information content (AvgIpc) is 2.88. The van der Waals surface area contributed by atoms with Crippen molar-refractivity contribution in [3.63, 3.8) is 0 Å². The van der Waals surface area contributed by atoms with Crippen LogP contribution in [0.3, 0.4) is 0 Å². The van der Waals surface area contributed by atoms with Crippen molar-refractivity contribution in [1.82, 2.24) is 4.98 Å². The van der Waals surface area contributed by atoms with E-state index in [-0.39, 0.29) is 47.4 Å². The van der Waals surface area contributed by atoms with Gasteiger partial charge in [-0.1, -0.05) is 54.6 Å². The molecule has 2 N–H and O–H groups in total. The number of halogens is 2. The fraction of sp³-hybridized carbons (Fsp3) is 0.423. The van der Waals surface area contributed by atoms with Gasteiger partial charge in [0.25, 0.3) is 5.91 Å². The summed E-state index contributed by atoms with van der Waals surface area (Å²) in [7, 11) is 0. The van der Waals surface area contributed by atoms with E-state index in [4.69, 9.17) is 38.0 Å². The minimum Gasteiger partial charge on any atom is -0.462 e. The van der Waals surface area contributed by atoms with Crippen LogP contribution in [0.2, 0.25) is 10.0 Å². The fourth-order valence-electron chi connectivity index (χ4n) is 4.82. The maximum atomic E-state index is 12.8. The van der Waals surface area contributed by atoms with E-state index in [1.165, 1.54) is 12.4 Å². The van der Waals surface area contributed by atoms with Gasteiger partial charge in [-0.15, -0.1) is 0 Å². The third kappa shape index (κ3) is 5.61. The van der Waals surface area contributed by atoms with E-state index in [1.54, 1.807) is 24.3 Å². The van der Waals surface area contributed by atoms with E-state index in [2.05, 4.69) is 10.3 Å². The zero-order valence-corrected chi connectivity index (χ0v) is 21.1. The third-order valence-corrected chi connectivity index (χ3v) is 7.34. The van der Waals surface area contributed by atoms with Crippen molar-refractivity contribution in [2.45, 2.75) is 51.0 Å². The highest BCUT2D eigenvalue weighted by Crippen LogP contribution is 2.47. The van der Waals surface area contributed by atoms with Gasteiger partial charge in [0.1, 0.15) is 12.4 Å². The molecule has 1 spiro atoms. The number of nitrogens with zero attached hydrogens (tertiary/aromatic N) is 2. The van der Waals surface area contributed by atoms with Crippen molar-refractivity contribution in [3.8, 4) is 0 Å². The Morgan fingerprint density at radius 1 is 1.11 bits per heavy atom. The van der Waals surface area contributed by atoms with Crippen LogP contribution in [0.15, 0.2) is 41.7 Å². The summed E-state index contributed by atoms with van der Waals surface area (Å²) in [5, 5.41) is 12.1. The first-order valence-electron chi connectivity index (χ1n) is 11.9. The molecule has 0 saturated heterocycles. The molecule has 10 heteroatoms. The Bertz CT molecular complexity index is 1160. The number of benzene rings is 1. The highest BCUT2D eigenvalue weighted by atomic mass is 35.5. The number of aliphatic hydroxyl groups excluding tert-OH is 1. The molecule has 1 atom stereocenters. The standard InChI is InChI=1S/C26H27Cl2N3O5/c27-18-14-29-15-19(28)23(18)24(34)30-17-6-4-16(5-7-17)12-20(25(35)36-11-10-32)31-21-13-22(33)26(21)8-2-1-3-9-26/h4-7,14-15,20,32H,1-3,8-13H2,(H,30,34)/t20-/m0/s1. The van der Waals surface area contributed by atoms with E-state index in [9.17, 15) is 14.4 Å². The number of carbonyl (C=O) groups excluding carboxylic acids is 3. The number of aliphatic imine (C=N–C) groups is 1. The van der Waals surface area contributed by atoms with Gasteiger partial charge in [-0.2, -0.15) is 0 Å². The molecular formula is C26H27Cl2N3O5. The smallest absolute Gasteiger partial charge is 0.331 e. The highest BCUT2D eigenvalue weighted by Gasteiger charge is 2.52. The summed E-state index contributed by atoms with van der Waals surface area (Å²) in [6.45, 7) is -0.396. The summed E-state index contributed by atoms with van der Waals surface area (Å²) in [6.07, 6.45) is 7.84. The number of amides is 1.